The second-order valence-corrected chi connectivity index (χ2v) is 5.06. The maximum absolute atomic E-state index is 14.0. The Labute approximate surface area is 113 Å². The van der Waals surface area contributed by atoms with Gasteiger partial charge in [0, 0.05) is 5.56 Å². The number of nitrogens with two attached hydrogens (primary N) is 1. The van der Waals surface area contributed by atoms with Crippen LogP contribution in [0.15, 0.2) is 18.2 Å². The number of rotatable bonds is 5. The first-order valence-electron chi connectivity index (χ1n) is 6.89. The molecule has 1 saturated carbocycles. The van der Waals surface area contributed by atoms with Crippen molar-refractivity contribution in [3.05, 3.63) is 29.6 Å². The van der Waals surface area contributed by atoms with Crippen LogP contribution in [0.5, 0.6) is 5.75 Å². The van der Waals surface area contributed by atoms with E-state index in [0.717, 1.165) is 12.8 Å². The summed E-state index contributed by atoms with van der Waals surface area (Å²) < 4.78 is 24.8. The third kappa shape index (κ3) is 3.45. The molecule has 106 valence electrons. The molecule has 1 aromatic carbocycles. The summed E-state index contributed by atoms with van der Waals surface area (Å²) >= 11 is 0. The lowest BCUT2D eigenvalue weighted by atomic mass is 9.86. The lowest BCUT2D eigenvalue weighted by Crippen LogP contribution is -2.33. The van der Waals surface area contributed by atoms with E-state index in [4.69, 9.17) is 15.2 Å². The maximum atomic E-state index is 14.0. The minimum Gasteiger partial charge on any atom is -0.494 e. The number of hydrogen-bond acceptors (Lipinski definition) is 3. The van der Waals surface area contributed by atoms with Crippen molar-refractivity contribution in [3.63, 3.8) is 0 Å². The van der Waals surface area contributed by atoms with Crippen LogP contribution < -0.4 is 10.5 Å². The highest BCUT2D eigenvalue weighted by molar-refractivity contribution is 5.30. The lowest BCUT2D eigenvalue weighted by molar-refractivity contribution is -0.0193. The average molecular weight is 267 g/mol. The number of ether oxygens (including phenoxy) is 2. The molecular formula is C15H22FNO2. The van der Waals surface area contributed by atoms with Crippen molar-refractivity contribution in [2.24, 2.45) is 11.7 Å². The number of hydrogen-bond donors (Lipinski definition) is 1. The number of halogens is 1. The topological polar surface area (TPSA) is 44.5 Å². The SMILES string of the molecule is COc1cccc(COC2CCCCC2CN)c1F. The van der Waals surface area contributed by atoms with Gasteiger partial charge in [-0.1, -0.05) is 25.0 Å². The van der Waals surface area contributed by atoms with Crippen molar-refractivity contribution < 1.29 is 13.9 Å². The maximum Gasteiger partial charge on any atom is 0.170 e. The molecule has 2 unspecified atom stereocenters. The largest absolute Gasteiger partial charge is 0.494 e. The van der Waals surface area contributed by atoms with Gasteiger partial charge in [0.1, 0.15) is 0 Å². The van der Waals surface area contributed by atoms with Crippen LogP contribution >= 0.6 is 0 Å². The van der Waals surface area contributed by atoms with Crippen LogP contribution in [0.3, 0.4) is 0 Å². The van der Waals surface area contributed by atoms with Crippen LogP contribution in [-0.2, 0) is 11.3 Å². The van der Waals surface area contributed by atoms with E-state index in [-0.39, 0.29) is 24.3 Å². The first kappa shape index (κ1) is 14.3. The van der Waals surface area contributed by atoms with E-state index < -0.39 is 0 Å². The van der Waals surface area contributed by atoms with Crippen LogP contribution in [0.2, 0.25) is 0 Å². The van der Waals surface area contributed by atoms with E-state index in [1.807, 2.05) is 0 Å². The molecule has 0 saturated heterocycles. The van der Waals surface area contributed by atoms with E-state index in [1.165, 1.54) is 20.0 Å². The van der Waals surface area contributed by atoms with Crippen LogP contribution in [0.25, 0.3) is 0 Å². The molecule has 0 aromatic heterocycles. The summed E-state index contributed by atoms with van der Waals surface area (Å²) in [7, 11) is 1.47. The van der Waals surface area contributed by atoms with Crippen molar-refractivity contribution in [2.45, 2.75) is 38.4 Å². The first-order chi connectivity index (χ1) is 9.26. The summed E-state index contributed by atoms with van der Waals surface area (Å²) in [6.07, 6.45) is 4.68. The molecular weight excluding hydrogens is 245 g/mol. The third-order valence-electron chi connectivity index (χ3n) is 3.86. The summed E-state index contributed by atoms with van der Waals surface area (Å²) in [5.74, 6) is 0.340. The fourth-order valence-electron chi connectivity index (χ4n) is 2.68. The first-order valence-corrected chi connectivity index (χ1v) is 6.89. The molecule has 3 nitrogen and oxygen atoms in total. The summed E-state index contributed by atoms with van der Waals surface area (Å²) in [4.78, 5) is 0. The van der Waals surface area contributed by atoms with Crippen molar-refractivity contribution in [1.29, 1.82) is 0 Å². The Hall–Kier alpha value is -1.13. The fraction of sp³-hybridized carbons (Fsp3) is 0.600. The van der Waals surface area contributed by atoms with Gasteiger partial charge in [-0.15, -0.1) is 0 Å². The molecule has 0 radical (unpaired) electrons. The van der Waals surface area contributed by atoms with Gasteiger partial charge in [-0.3, -0.25) is 0 Å². The summed E-state index contributed by atoms with van der Waals surface area (Å²) in [5.41, 5.74) is 6.31. The van der Waals surface area contributed by atoms with Gasteiger partial charge in [0.2, 0.25) is 0 Å². The van der Waals surface area contributed by atoms with Crippen molar-refractivity contribution in [2.75, 3.05) is 13.7 Å². The minimum absolute atomic E-state index is 0.157. The van der Waals surface area contributed by atoms with E-state index in [9.17, 15) is 4.39 Å². The molecule has 1 aliphatic rings. The quantitative estimate of drug-likeness (QED) is 0.892. The molecule has 4 heteroatoms. The van der Waals surface area contributed by atoms with Crippen LogP contribution in [0, 0.1) is 11.7 Å². The molecule has 0 spiro atoms. The van der Waals surface area contributed by atoms with Gasteiger partial charge in [0.15, 0.2) is 11.6 Å². The highest BCUT2D eigenvalue weighted by atomic mass is 19.1. The van der Waals surface area contributed by atoms with Gasteiger partial charge in [0.25, 0.3) is 0 Å². The van der Waals surface area contributed by atoms with Crippen LogP contribution in [0.4, 0.5) is 4.39 Å². The Balaban J connectivity index is 1.98. The average Bonchev–Trinajstić information content (AvgIpc) is 2.46. The molecule has 1 fully saturated rings. The predicted molar refractivity (Wildman–Crippen MR) is 72.5 cm³/mol. The minimum atomic E-state index is -0.329. The summed E-state index contributed by atoms with van der Waals surface area (Å²) in [6, 6.07) is 5.13. The smallest absolute Gasteiger partial charge is 0.170 e. The standard InChI is InChI=1S/C15H22FNO2/c1-18-14-8-4-6-12(15(14)16)10-19-13-7-3-2-5-11(13)9-17/h4,6,8,11,13H,2-3,5,7,9-10,17H2,1H3. The third-order valence-corrected chi connectivity index (χ3v) is 3.86. The molecule has 0 bridgehead atoms. The van der Waals surface area contributed by atoms with Gasteiger partial charge in [-0.2, -0.15) is 0 Å². The van der Waals surface area contributed by atoms with Gasteiger partial charge >= 0.3 is 0 Å². The second-order valence-electron chi connectivity index (χ2n) is 5.06. The van der Waals surface area contributed by atoms with E-state index in [2.05, 4.69) is 0 Å². The Morgan fingerprint density at radius 1 is 1.32 bits per heavy atom. The van der Waals surface area contributed by atoms with E-state index >= 15 is 0 Å². The summed E-state index contributed by atoms with van der Waals surface area (Å²) in [6.45, 7) is 0.926. The monoisotopic (exact) mass is 267 g/mol. The molecule has 1 aliphatic carbocycles. The van der Waals surface area contributed by atoms with E-state index in [1.54, 1.807) is 18.2 Å². The number of methoxy groups -OCH3 is 1. The zero-order valence-electron chi connectivity index (χ0n) is 11.4. The van der Waals surface area contributed by atoms with Crippen LogP contribution in [-0.4, -0.2) is 19.8 Å². The highest BCUT2D eigenvalue weighted by Crippen LogP contribution is 2.28. The zero-order chi connectivity index (χ0) is 13.7. The molecule has 2 rings (SSSR count). The van der Waals surface area contributed by atoms with Crippen molar-refractivity contribution in [1.82, 2.24) is 0 Å². The molecule has 0 aliphatic heterocycles. The van der Waals surface area contributed by atoms with Gasteiger partial charge < -0.3 is 15.2 Å². The molecule has 0 amide bonds. The Morgan fingerprint density at radius 3 is 2.84 bits per heavy atom. The van der Waals surface area contributed by atoms with E-state index in [0.29, 0.717) is 18.0 Å². The van der Waals surface area contributed by atoms with Crippen molar-refractivity contribution >= 4 is 0 Å². The summed E-state index contributed by atoms with van der Waals surface area (Å²) in [5, 5.41) is 0. The van der Waals surface area contributed by atoms with Gasteiger partial charge in [-0.25, -0.2) is 4.39 Å². The number of benzene rings is 1. The fourth-order valence-corrected chi connectivity index (χ4v) is 2.68. The highest BCUT2D eigenvalue weighted by Gasteiger charge is 2.24. The molecule has 2 atom stereocenters. The molecule has 1 aromatic rings. The lowest BCUT2D eigenvalue weighted by Gasteiger charge is -2.30. The van der Waals surface area contributed by atoms with Crippen LogP contribution in [0.1, 0.15) is 31.2 Å². The molecule has 19 heavy (non-hydrogen) atoms. The second kappa shape index (κ2) is 6.87. The normalized spacial score (nSPS) is 23.3. The zero-order valence-corrected chi connectivity index (χ0v) is 11.4. The predicted octanol–water partition coefficient (Wildman–Crippen LogP) is 2.87. The Kier molecular flexibility index (Phi) is 5.16. The molecule has 2 N–H and O–H groups in total. The van der Waals surface area contributed by atoms with Gasteiger partial charge in [-0.05, 0) is 31.4 Å². The Bertz CT molecular complexity index is 411. The Morgan fingerprint density at radius 2 is 2.11 bits per heavy atom. The van der Waals surface area contributed by atoms with Gasteiger partial charge in [0.05, 0.1) is 19.8 Å². The van der Waals surface area contributed by atoms with Crippen molar-refractivity contribution in [3.8, 4) is 5.75 Å². The molecule has 0 heterocycles.